The van der Waals surface area contributed by atoms with Crippen molar-refractivity contribution in [2.45, 2.75) is 33.2 Å². The lowest BCUT2D eigenvalue weighted by molar-refractivity contribution is 0.489. The van der Waals surface area contributed by atoms with Crippen molar-refractivity contribution in [2.75, 3.05) is 18.6 Å². The molecule has 0 aromatic carbocycles. The van der Waals surface area contributed by atoms with E-state index in [-0.39, 0.29) is 11.8 Å². The average molecular weight is 259 g/mol. The molecule has 1 aromatic heterocycles. The molecule has 17 heavy (non-hydrogen) atoms. The van der Waals surface area contributed by atoms with Crippen molar-refractivity contribution in [1.29, 1.82) is 0 Å². The van der Waals surface area contributed by atoms with E-state index in [1.807, 2.05) is 19.9 Å². The summed E-state index contributed by atoms with van der Waals surface area (Å²) in [5.41, 5.74) is 0.946. The molecule has 1 heterocycles. The Balaban J connectivity index is 2.93. The summed E-state index contributed by atoms with van der Waals surface area (Å²) in [4.78, 5) is 0. The fraction of sp³-hybridized carbons (Fsp3) is 0.667. The zero-order valence-electron chi connectivity index (χ0n) is 10.9. The van der Waals surface area contributed by atoms with Crippen LogP contribution in [0.3, 0.4) is 0 Å². The zero-order chi connectivity index (χ0) is 13.1. The molecule has 0 aliphatic carbocycles. The predicted molar refractivity (Wildman–Crippen MR) is 68.9 cm³/mol. The van der Waals surface area contributed by atoms with Gasteiger partial charge in [-0.1, -0.05) is 6.92 Å². The Kier molecular flexibility index (Phi) is 4.77. The van der Waals surface area contributed by atoms with Crippen LogP contribution in [-0.2, 0) is 9.84 Å². The zero-order valence-corrected chi connectivity index (χ0v) is 11.7. The van der Waals surface area contributed by atoms with Gasteiger partial charge in [0.1, 0.15) is 21.4 Å². The summed E-state index contributed by atoms with van der Waals surface area (Å²) in [7, 11) is -3.01. The van der Waals surface area contributed by atoms with Gasteiger partial charge >= 0.3 is 0 Å². The van der Waals surface area contributed by atoms with Crippen LogP contribution in [0, 0.1) is 13.8 Å². The minimum Gasteiger partial charge on any atom is -0.466 e. The molecule has 0 spiro atoms. The average Bonchev–Trinajstić information content (AvgIpc) is 2.50. The van der Waals surface area contributed by atoms with Gasteiger partial charge in [0.05, 0.1) is 5.75 Å². The first-order valence-corrected chi connectivity index (χ1v) is 7.87. The van der Waals surface area contributed by atoms with E-state index in [9.17, 15) is 8.42 Å². The third-order valence-electron chi connectivity index (χ3n) is 2.56. The van der Waals surface area contributed by atoms with E-state index in [0.29, 0.717) is 0 Å². The smallest absolute Gasteiger partial charge is 0.149 e. The van der Waals surface area contributed by atoms with Crippen molar-refractivity contribution < 1.29 is 12.8 Å². The molecule has 1 aromatic rings. The van der Waals surface area contributed by atoms with Gasteiger partial charge < -0.3 is 9.73 Å². The van der Waals surface area contributed by atoms with Crippen LogP contribution in [0.1, 0.15) is 36.5 Å². The normalized spacial score (nSPS) is 13.9. The highest BCUT2D eigenvalue weighted by Gasteiger charge is 2.20. The summed E-state index contributed by atoms with van der Waals surface area (Å²) in [5.74, 6) is 1.71. The molecular weight excluding hydrogens is 238 g/mol. The van der Waals surface area contributed by atoms with Gasteiger partial charge in [0, 0.05) is 17.9 Å². The van der Waals surface area contributed by atoms with Crippen LogP contribution >= 0.6 is 0 Å². The van der Waals surface area contributed by atoms with Crippen LogP contribution in [0.5, 0.6) is 0 Å². The Morgan fingerprint density at radius 2 is 2.06 bits per heavy atom. The van der Waals surface area contributed by atoms with Gasteiger partial charge in [0.15, 0.2) is 0 Å². The van der Waals surface area contributed by atoms with E-state index >= 15 is 0 Å². The second kappa shape index (κ2) is 5.69. The van der Waals surface area contributed by atoms with Crippen LogP contribution in [0.15, 0.2) is 10.5 Å². The van der Waals surface area contributed by atoms with Crippen molar-refractivity contribution in [3.05, 3.63) is 23.2 Å². The van der Waals surface area contributed by atoms with E-state index in [1.54, 1.807) is 0 Å². The number of sulfone groups is 1. The maximum absolute atomic E-state index is 11.4. The van der Waals surface area contributed by atoms with E-state index < -0.39 is 9.84 Å². The Morgan fingerprint density at radius 1 is 1.41 bits per heavy atom. The molecule has 0 aliphatic rings. The second-order valence-electron chi connectivity index (χ2n) is 4.47. The molecule has 0 radical (unpaired) electrons. The Labute approximate surface area is 103 Å². The molecule has 0 amide bonds. The van der Waals surface area contributed by atoms with Crippen LogP contribution in [-0.4, -0.2) is 27.0 Å². The minimum atomic E-state index is -3.01. The molecule has 1 N–H and O–H groups in total. The highest BCUT2D eigenvalue weighted by Crippen LogP contribution is 2.22. The molecule has 1 unspecified atom stereocenters. The van der Waals surface area contributed by atoms with E-state index in [4.69, 9.17) is 4.42 Å². The van der Waals surface area contributed by atoms with Crippen molar-refractivity contribution in [1.82, 2.24) is 5.32 Å². The maximum atomic E-state index is 11.4. The predicted octanol–water partition coefficient (Wildman–Crippen LogP) is 1.98. The van der Waals surface area contributed by atoms with Gasteiger partial charge in [0.25, 0.3) is 0 Å². The number of hydrogen-bond acceptors (Lipinski definition) is 4. The molecule has 98 valence electrons. The van der Waals surface area contributed by atoms with Crippen LogP contribution in [0.4, 0.5) is 0 Å². The van der Waals surface area contributed by atoms with E-state index in [2.05, 4.69) is 12.2 Å². The summed E-state index contributed by atoms with van der Waals surface area (Å²) < 4.78 is 28.3. The number of aryl methyl sites for hydroxylation is 2. The van der Waals surface area contributed by atoms with Crippen LogP contribution in [0.2, 0.25) is 0 Å². The van der Waals surface area contributed by atoms with Gasteiger partial charge in [-0.2, -0.15) is 0 Å². The summed E-state index contributed by atoms with van der Waals surface area (Å²) in [6, 6.07) is 1.73. The first kappa shape index (κ1) is 14.3. The lowest BCUT2D eigenvalue weighted by atomic mass is 10.1. The van der Waals surface area contributed by atoms with Crippen molar-refractivity contribution in [3.63, 3.8) is 0 Å². The molecule has 4 nitrogen and oxygen atoms in total. The maximum Gasteiger partial charge on any atom is 0.149 e. The Bertz CT molecular complexity index is 462. The summed E-state index contributed by atoms with van der Waals surface area (Å²) in [5, 5.41) is 3.26. The van der Waals surface area contributed by atoms with Crippen LogP contribution < -0.4 is 5.32 Å². The minimum absolute atomic E-state index is 0.104. The summed E-state index contributed by atoms with van der Waals surface area (Å²) in [6.45, 7) is 6.58. The SMILES string of the molecule is CCCNC(CS(C)(=O)=O)c1cc(C)oc1C. The molecule has 0 fully saturated rings. The monoisotopic (exact) mass is 259 g/mol. The van der Waals surface area contributed by atoms with Gasteiger partial charge in [-0.3, -0.25) is 0 Å². The molecule has 0 aliphatic heterocycles. The highest BCUT2D eigenvalue weighted by atomic mass is 32.2. The van der Waals surface area contributed by atoms with Crippen molar-refractivity contribution >= 4 is 9.84 Å². The van der Waals surface area contributed by atoms with Crippen molar-refractivity contribution in [2.24, 2.45) is 0 Å². The lowest BCUT2D eigenvalue weighted by Gasteiger charge is -2.16. The number of furan rings is 1. The molecule has 5 heteroatoms. The number of hydrogen-bond donors (Lipinski definition) is 1. The fourth-order valence-corrected chi connectivity index (χ4v) is 2.78. The van der Waals surface area contributed by atoms with Crippen molar-refractivity contribution in [3.8, 4) is 0 Å². The first-order valence-electron chi connectivity index (χ1n) is 5.81. The molecule has 0 bridgehead atoms. The van der Waals surface area contributed by atoms with Crippen LogP contribution in [0.25, 0.3) is 0 Å². The highest BCUT2D eigenvalue weighted by molar-refractivity contribution is 7.90. The number of rotatable bonds is 6. The quantitative estimate of drug-likeness (QED) is 0.848. The standard InChI is InChI=1S/C12H21NO3S/c1-5-6-13-12(8-17(4,14)15)11-7-9(2)16-10(11)3/h7,12-13H,5-6,8H2,1-4H3. The Morgan fingerprint density at radius 3 is 2.47 bits per heavy atom. The van der Waals surface area contributed by atoms with Gasteiger partial charge in [-0.25, -0.2) is 8.42 Å². The van der Waals surface area contributed by atoms with E-state index in [0.717, 1.165) is 30.0 Å². The topological polar surface area (TPSA) is 59.3 Å². The third kappa shape index (κ3) is 4.52. The summed E-state index contributed by atoms with van der Waals surface area (Å²) >= 11 is 0. The first-order chi connectivity index (χ1) is 7.83. The largest absolute Gasteiger partial charge is 0.466 e. The fourth-order valence-electron chi connectivity index (χ4n) is 1.88. The Hall–Kier alpha value is -0.810. The van der Waals surface area contributed by atoms with Gasteiger partial charge in [-0.05, 0) is 32.9 Å². The third-order valence-corrected chi connectivity index (χ3v) is 3.50. The lowest BCUT2D eigenvalue weighted by Crippen LogP contribution is -2.28. The van der Waals surface area contributed by atoms with E-state index in [1.165, 1.54) is 6.26 Å². The molecule has 1 rings (SSSR count). The molecular formula is C12H21NO3S. The second-order valence-corrected chi connectivity index (χ2v) is 6.65. The molecule has 1 atom stereocenters. The van der Waals surface area contributed by atoms with Gasteiger partial charge in [-0.15, -0.1) is 0 Å². The molecule has 0 saturated carbocycles. The number of nitrogens with one attached hydrogen (secondary N) is 1. The molecule has 0 saturated heterocycles. The van der Waals surface area contributed by atoms with Gasteiger partial charge in [0.2, 0.25) is 0 Å². The summed E-state index contributed by atoms with van der Waals surface area (Å²) in [6.07, 6.45) is 2.23.